The van der Waals surface area contributed by atoms with Gasteiger partial charge < -0.3 is 15.3 Å². The van der Waals surface area contributed by atoms with E-state index in [0.717, 1.165) is 22.0 Å². The number of amides is 3. The summed E-state index contributed by atoms with van der Waals surface area (Å²) in [7, 11) is 0. The molecule has 10 nitrogen and oxygen atoms in total. The summed E-state index contributed by atoms with van der Waals surface area (Å²) in [6, 6.07) is 7.55. The highest BCUT2D eigenvalue weighted by molar-refractivity contribution is 7.07. The molecule has 11 heteroatoms. The molecule has 2 aromatic rings. The van der Waals surface area contributed by atoms with E-state index in [-0.39, 0.29) is 12.3 Å². The number of benzene rings is 1. The number of carbonyl (C=O) groups is 4. The van der Waals surface area contributed by atoms with E-state index in [1.165, 1.54) is 4.90 Å². The van der Waals surface area contributed by atoms with Crippen molar-refractivity contribution in [2.75, 3.05) is 6.54 Å². The topological polar surface area (TPSA) is 133 Å². The van der Waals surface area contributed by atoms with Crippen LogP contribution in [-0.2, 0) is 9.59 Å². The monoisotopic (exact) mass is 529 g/mol. The Balaban J connectivity index is 1.92. The fourth-order valence-electron chi connectivity index (χ4n) is 4.76. The first-order valence-electron chi connectivity index (χ1n) is 12.5. The molecule has 0 aliphatic carbocycles. The van der Waals surface area contributed by atoms with Gasteiger partial charge >= 0.3 is 6.09 Å². The van der Waals surface area contributed by atoms with Gasteiger partial charge in [0.2, 0.25) is 5.78 Å². The highest BCUT2D eigenvalue weighted by Gasteiger charge is 2.49. The normalized spacial score (nSPS) is 18.2. The standard InChI is InChI=1S/C26H35N5O5S/c1-6-7-13-19(21(32)23(33)27-16(2)18-11-9-8-10-12-18)31(25(35)36)20-14-26(4,5)15-30(20)24(34)22-17(3)28-29-37-22/h8-12,16,19-20H,6-7,13-15H2,1-5H3,(H,27,33)(H,35,36)/t16-,19+,20?/m1/s1. The molecule has 3 amide bonds. The van der Waals surface area contributed by atoms with Crippen molar-refractivity contribution < 1.29 is 24.3 Å². The van der Waals surface area contributed by atoms with Gasteiger partial charge in [-0.15, -0.1) is 5.10 Å². The van der Waals surface area contributed by atoms with E-state index in [9.17, 15) is 24.3 Å². The molecule has 0 saturated carbocycles. The Kier molecular flexibility index (Phi) is 9.01. The molecule has 37 heavy (non-hydrogen) atoms. The van der Waals surface area contributed by atoms with Gasteiger partial charge in [0.15, 0.2) is 0 Å². The molecule has 1 aliphatic heterocycles. The quantitative estimate of drug-likeness (QED) is 0.444. The van der Waals surface area contributed by atoms with Crippen LogP contribution in [0.5, 0.6) is 0 Å². The van der Waals surface area contributed by atoms with Crippen LogP contribution in [0.4, 0.5) is 4.79 Å². The Morgan fingerprint density at radius 1 is 1.24 bits per heavy atom. The van der Waals surface area contributed by atoms with Crippen LogP contribution in [-0.4, -0.2) is 66.9 Å². The maximum atomic E-state index is 13.5. The number of carboxylic acid groups (broad SMARTS) is 1. The third kappa shape index (κ3) is 6.51. The minimum Gasteiger partial charge on any atom is -0.465 e. The zero-order valence-corrected chi connectivity index (χ0v) is 22.7. The van der Waals surface area contributed by atoms with Gasteiger partial charge in [-0.05, 0) is 49.2 Å². The predicted molar refractivity (Wildman–Crippen MR) is 139 cm³/mol. The van der Waals surface area contributed by atoms with Gasteiger partial charge in [-0.2, -0.15) is 0 Å². The second kappa shape index (κ2) is 11.8. The van der Waals surface area contributed by atoms with Crippen molar-refractivity contribution in [3.05, 3.63) is 46.5 Å². The van der Waals surface area contributed by atoms with Gasteiger partial charge in [0.25, 0.3) is 11.8 Å². The fourth-order valence-corrected chi connectivity index (χ4v) is 5.37. The van der Waals surface area contributed by atoms with Crippen molar-refractivity contribution >= 4 is 35.2 Å². The number of Topliss-reactive ketones (excluding diaryl/α,β-unsaturated/α-hetero) is 1. The Morgan fingerprint density at radius 3 is 2.49 bits per heavy atom. The van der Waals surface area contributed by atoms with E-state index in [1.807, 2.05) is 51.1 Å². The maximum Gasteiger partial charge on any atom is 0.409 e. The van der Waals surface area contributed by atoms with Crippen molar-refractivity contribution in [2.45, 2.75) is 78.6 Å². The lowest BCUT2D eigenvalue weighted by Gasteiger charge is -2.37. The Labute approximate surface area is 221 Å². The zero-order chi connectivity index (χ0) is 27.3. The minimum atomic E-state index is -1.35. The van der Waals surface area contributed by atoms with Gasteiger partial charge in [-0.25, -0.2) is 4.79 Å². The number of ketones is 1. The number of aryl methyl sites for hydroxylation is 1. The summed E-state index contributed by atoms with van der Waals surface area (Å²) in [5.74, 6) is -2.05. The molecule has 0 bridgehead atoms. The molecule has 1 aromatic carbocycles. The Morgan fingerprint density at radius 2 is 1.92 bits per heavy atom. The summed E-state index contributed by atoms with van der Waals surface area (Å²) in [5, 5.41) is 17.0. The number of hydrogen-bond donors (Lipinski definition) is 2. The molecular weight excluding hydrogens is 494 g/mol. The SMILES string of the molecule is CCCC[C@@H](C(=O)C(=O)N[C@H](C)c1ccccc1)N(C(=O)O)C1CC(C)(C)CN1C(=O)c1snnc1C. The van der Waals surface area contributed by atoms with E-state index in [1.54, 1.807) is 13.8 Å². The van der Waals surface area contributed by atoms with Crippen molar-refractivity contribution in [1.82, 2.24) is 24.7 Å². The predicted octanol–water partition coefficient (Wildman–Crippen LogP) is 4.03. The van der Waals surface area contributed by atoms with E-state index in [2.05, 4.69) is 14.9 Å². The Bertz CT molecular complexity index is 1140. The van der Waals surface area contributed by atoms with Crippen LogP contribution in [0.3, 0.4) is 0 Å². The van der Waals surface area contributed by atoms with E-state index < -0.39 is 41.4 Å². The van der Waals surface area contributed by atoms with Crippen molar-refractivity contribution in [3.8, 4) is 0 Å². The highest BCUT2D eigenvalue weighted by atomic mass is 32.1. The van der Waals surface area contributed by atoms with Crippen LogP contribution in [0.15, 0.2) is 30.3 Å². The number of nitrogens with one attached hydrogen (secondary N) is 1. The third-order valence-corrected chi connectivity index (χ3v) is 7.50. The van der Waals surface area contributed by atoms with Gasteiger partial charge in [0.05, 0.1) is 11.7 Å². The number of rotatable bonds is 10. The molecule has 0 radical (unpaired) electrons. The molecule has 3 rings (SSSR count). The summed E-state index contributed by atoms with van der Waals surface area (Å²) < 4.78 is 3.84. The van der Waals surface area contributed by atoms with Gasteiger partial charge in [0, 0.05) is 6.54 Å². The van der Waals surface area contributed by atoms with Gasteiger partial charge in [0.1, 0.15) is 17.1 Å². The smallest absolute Gasteiger partial charge is 0.409 e. The van der Waals surface area contributed by atoms with Crippen LogP contribution < -0.4 is 5.32 Å². The minimum absolute atomic E-state index is 0.175. The van der Waals surface area contributed by atoms with Crippen molar-refractivity contribution in [3.63, 3.8) is 0 Å². The largest absolute Gasteiger partial charge is 0.465 e. The molecule has 1 aliphatic rings. The van der Waals surface area contributed by atoms with Crippen LogP contribution in [0.1, 0.15) is 80.3 Å². The Hall–Kier alpha value is -3.34. The molecule has 1 unspecified atom stereocenters. The molecule has 2 N–H and O–H groups in total. The second-order valence-electron chi connectivity index (χ2n) is 10.3. The number of likely N-dealkylation sites (tertiary alicyclic amines) is 1. The summed E-state index contributed by atoms with van der Waals surface area (Å²) in [5.41, 5.74) is 0.891. The molecule has 1 aromatic heterocycles. The lowest BCUT2D eigenvalue weighted by Crippen LogP contribution is -2.58. The van der Waals surface area contributed by atoms with Gasteiger partial charge in [-0.1, -0.05) is 68.4 Å². The fraction of sp³-hybridized carbons (Fsp3) is 0.538. The molecule has 3 atom stereocenters. The molecule has 2 heterocycles. The van der Waals surface area contributed by atoms with Crippen molar-refractivity contribution in [1.29, 1.82) is 0 Å². The lowest BCUT2D eigenvalue weighted by molar-refractivity contribution is -0.142. The first-order valence-corrected chi connectivity index (χ1v) is 13.2. The van der Waals surface area contributed by atoms with E-state index in [0.29, 0.717) is 36.4 Å². The molecule has 1 saturated heterocycles. The summed E-state index contributed by atoms with van der Waals surface area (Å²) in [4.78, 5) is 55.5. The summed E-state index contributed by atoms with van der Waals surface area (Å²) in [6.07, 6.45) is -0.499. The van der Waals surface area contributed by atoms with Crippen molar-refractivity contribution in [2.24, 2.45) is 5.41 Å². The average molecular weight is 530 g/mol. The molecule has 1 fully saturated rings. The van der Waals surface area contributed by atoms with Crippen LogP contribution in [0.25, 0.3) is 0 Å². The first-order chi connectivity index (χ1) is 17.5. The van der Waals surface area contributed by atoms with Crippen LogP contribution in [0, 0.1) is 12.3 Å². The number of hydrogen-bond acceptors (Lipinski definition) is 7. The molecule has 200 valence electrons. The van der Waals surface area contributed by atoms with E-state index in [4.69, 9.17) is 0 Å². The third-order valence-electron chi connectivity index (χ3n) is 6.68. The maximum absolute atomic E-state index is 13.5. The summed E-state index contributed by atoms with van der Waals surface area (Å²) >= 11 is 0.956. The first kappa shape index (κ1) is 28.2. The van der Waals surface area contributed by atoms with E-state index >= 15 is 0 Å². The molecule has 0 spiro atoms. The zero-order valence-electron chi connectivity index (χ0n) is 21.9. The molecular formula is C26H35N5O5S. The van der Waals surface area contributed by atoms with Crippen LogP contribution in [0.2, 0.25) is 0 Å². The highest BCUT2D eigenvalue weighted by Crippen LogP contribution is 2.38. The summed E-state index contributed by atoms with van der Waals surface area (Å²) in [6.45, 7) is 9.56. The lowest BCUT2D eigenvalue weighted by atomic mass is 9.91. The number of carbonyl (C=O) groups excluding carboxylic acids is 3. The average Bonchev–Trinajstić information content (AvgIpc) is 3.42. The number of aromatic nitrogens is 2. The van der Waals surface area contributed by atoms with Crippen LogP contribution >= 0.6 is 11.5 Å². The van der Waals surface area contributed by atoms with Gasteiger partial charge in [-0.3, -0.25) is 19.3 Å². The number of nitrogens with zero attached hydrogens (tertiary/aromatic N) is 4. The number of unbranched alkanes of at least 4 members (excludes halogenated alkanes) is 1. The second-order valence-corrected chi connectivity index (χ2v) is 11.0.